The summed E-state index contributed by atoms with van der Waals surface area (Å²) < 4.78 is 5.49. The highest BCUT2D eigenvalue weighted by molar-refractivity contribution is 5.78. The van der Waals surface area contributed by atoms with Crippen LogP contribution < -0.4 is 4.74 Å². The molecule has 5 heteroatoms. The van der Waals surface area contributed by atoms with Gasteiger partial charge in [0.1, 0.15) is 5.75 Å². The van der Waals surface area contributed by atoms with Crippen LogP contribution >= 0.6 is 0 Å². The van der Waals surface area contributed by atoms with Gasteiger partial charge in [-0.3, -0.25) is 4.79 Å². The Balaban J connectivity index is 2.97. The number of aliphatic carboxylic acids is 1. The smallest absolute Gasteiger partial charge is 0.331 e. The van der Waals surface area contributed by atoms with Crippen molar-refractivity contribution in [1.82, 2.24) is 4.90 Å². The lowest BCUT2D eigenvalue weighted by atomic mass is 10.1. The molecule has 0 saturated heterocycles. The maximum Gasteiger partial charge on any atom is 0.331 e. The first kappa shape index (κ1) is 15.0. The van der Waals surface area contributed by atoms with E-state index in [-0.39, 0.29) is 6.10 Å². The van der Waals surface area contributed by atoms with Gasteiger partial charge in [0, 0.05) is 6.54 Å². The molecule has 0 fully saturated rings. The predicted molar refractivity (Wildman–Crippen MR) is 71.0 cm³/mol. The molecule has 1 N–H and O–H groups in total. The molecule has 0 aliphatic heterocycles. The molecule has 19 heavy (non-hydrogen) atoms. The molecule has 1 atom stereocenters. The molecule has 0 aliphatic rings. The molecule has 0 spiro atoms. The van der Waals surface area contributed by atoms with Gasteiger partial charge in [-0.2, -0.15) is 0 Å². The lowest BCUT2D eigenvalue weighted by molar-refractivity contribution is -0.146. The summed E-state index contributed by atoms with van der Waals surface area (Å²) in [6.07, 6.45) is 0.611. The molecular weight excluding hydrogens is 246 g/mol. The van der Waals surface area contributed by atoms with Gasteiger partial charge in [-0.15, -0.1) is 0 Å². The zero-order chi connectivity index (χ0) is 14.4. The van der Waals surface area contributed by atoms with Gasteiger partial charge in [0.15, 0.2) is 6.04 Å². The van der Waals surface area contributed by atoms with E-state index in [9.17, 15) is 14.7 Å². The zero-order valence-electron chi connectivity index (χ0n) is 11.4. The highest BCUT2D eigenvalue weighted by Gasteiger charge is 2.25. The van der Waals surface area contributed by atoms with Gasteiger partial charge in [0.2, 0.25) is 6.41 Å². The third-order valence-corrected chi connectivity index (χ3v) is 2.63. The SMILES string of the molecule is CCN(C=O)C(C(=O)O)c1ccc(OC(C)C)cc1. The van der Waals surface area contributed by atoms with Gasteiger partial charge in [0.05, 0.1) is 6.10 Å². The number of amides is 1. The van der Waals surface area contributed by atoms with Crippen LogP contribution in [0, 0.1) is 0 Å². The topological polar surface area (TPSA) is 66.8 Å². The Morgan fingerprint density at radius 1 is 1.37 bits per heavy atom. The molecular formula is C14H19NO4. The fourth-order valence-corrected chi connectivity index (χ4v) is 1.79. The summed E-state index contributed by atoms with van der Waals surface area (Å²) in [5.74, 6) is -0.372. The Bertz CT molecular complexity index is 428. The first-order valence-electron chi connectivity index (χ1n) is 6.20. The van der Waals surface area contributed by atoms with Crippen LogP contribution in [0.25, 0.3) is 0 Å². The van der Waals surface area contributed by atoms with Gasteiger partial charge in [-0.05, 0) is 38.5 Å². The number of likely N-dealkylation sites (N-methyl/N-ethyl adjacent to an activating group) is 1. The van der Waals surface area contributed by atoms with Crippen LogP contribution in [0.15, 0.2) is 24.3 Å². The lowest BCUT2D eigenvalue weighted by Crippen LogP contribution is -2.32. The van der Waals surface area contributed by atoms with Crippen molar-refractivity contribution < 1.29 is 19.4 Å². The minimum absolute atomic E-state index is 0.0586. The van der Waals surface area contributed by atoms with Crippen molar-refractivity contribution in [3.05, 3.63) is 29.8 Å². The summed E-state index contributed by atoms with van der Waals surface area (Å²) in [6.45, 7) is 5.91. The van der Waals surface area contributed by atoms with Crippen LogP contribution in [-0.2, 0) is 9.59 Å². The number of hydrogen-bond donors (Lipinski definition) is 1. The van der Waals surface area contributed by atoms with Crippen molar-refractivity contribution in [2.45, 2.75) is 32.9 Å². The van der Waals surface area contributed by atoms with Crippen molar-refractivity contribution in [1.29, 1.82) is 0 Å². The number of carboxylic acids is 1. The standard InChI is InChI=1S/C14H19NO4/c1-4-15(9-16)13(14(17)18)11-5-7-12(8-6-11)19-10(2)3/h5-10,13H,4H2,1-3H3,(H,17,18). The van der Waals surface area contributed by atoms with Crippen molar-refractivity contribution in [3.63, 3.8) is 0 Å². The van der Waals surface area contributed by atoms with Gasteiger partial charge in [0.25, 0.3) is 0 Å². The van der Waals surface area contributed by atoms with Gasteiger partial charge in [-0.25, -0.2) is 4.79 Å². The molecule has 1 aromatic carbocycles. The summed E-state index contributed by atoms with van der Waals surface area (Å²) >= 11 is 0. The Kier molecular flexibility index (Phi) is 5.36. The zero-order valence-corrected chi connectivity index (χ0v) is 11.4. The maximum atomic E-state index is 11.3. The number of benzene rings is 1. The molecule has 0 saturated carbocycles. The number of ether oxygens (including phenoxy) is 1. The van der Waals surface area contributed by atoms with Crippen molar-refractivity contribution in [3.8, 4) is 5.75 Å². The Morgan fingerprint density at radius 2 is 1.95 bits per heavy atom. The molecule has 5 nitrogen and oxygen atoms in total. The number of hydrogen-bond acceptors (Lipinski definition) is 3. The van der Waals surface area contributed by atoms with E-state index in [1.54, 1.807) is 31.2 Å². The van der Waals surface area contributed by atoms with E-state index < -0.39 is 12.0 Å². The second kappa shape index (κ2) is 6.78. The van der Waals surface area contributed by atoms with Crippen molar-refractivity contribution >= 4 is 12.4 Å². The van der Waals surface area contributed by atoms with E-state index >= 15 is 0 Å². The third kappa shape index (κ3) is 3.98. The lowest BCUT2D eigenvalue weighted by Gasteiger charge is -2.24. The molecule has 0 heterocycles. The van der Waals surface area contributed by atoms with E-state index in [1.165, 1.54) is 4.90 Å². The number of carbonyl (C=O) groups excluding carboxylic acids is 1. The quantitative estimate of drug-likeness (QED) is 0.766. The minimum Gasteiger partial charge on any atom is -0.491 e. The van der Waals surface area contributed by atoms with Crippen molar-refractivity contribution in [2.75, 3.05) is 6.54 Å². The molecule has 0 radical (unpaired) electrons. The monoisotopic (exact) mass is 265 g/mol. The number of carboxylic acid groups (broad SMARTS) is 1. The average Bonchev–Trinajstić information content (AvgIpc) is 2.36. The normalized spacial score (nSPS) is 12.0. The molecule has 0 bridgehead atoms. The summed E-state index contributed by atoms with van der Waals surface area (Å²) in [6, 6.07) is 5.80. The van der Waals surface area contributed by atoms with E-state index in [2.05, 4.69) is 0 Å². The molecule has 1 aromatic rings. The molecule has 104 valence electrons. The van der Waals surface area contributed by atoms with Gasteiger partial charge < -0.3 is 14.7 Å². The maximum absolute atomic E-state index is 11.3. The first-order valence-corrected chi connectivity index (χ1v) is 6.20. The average molecular weight is 265 g/mol. The number of nitrogens with zero attached hydrogens (tertiary/aromatic N) is 1. The fourth-order valence-electron chi connectivity index (χ4n) is 1.79. The predicted octanol–water partition coefficient (Wildman–Crippen LogP) is 2.08. The second-order valence-corrected chi connectivity index (χ2v) is 4.41. The Labute approximate surface area is 112 Å². The van der Waals surface area contributed by atoms with E-state index in [0.29, 0.717) is 24.3 Å². The summed E-state index contributed by atoms with van der Waals surface area (Å²) in [4.78, 5) is 23.4. The highest BCUT2D eigenvalue weighted by Crippen LogP contribution is 2.23. The summed E-state index contributed by atoms with van der Waals surface area (Å²) in [5, 5.41) is 9.24. The second-order valence-electron chi connectivity index (χ2n) is 4.41. The van der Waals surface area contributed by atoms with Gasteiger partial charge >= 0.3 is 5.97 Å². The van der Waals surface area contributed by atoms with Crippen LogP contribution in [0.5, 0.6) is 5.75 Å². The van der Waals surface area contributed by atoms with E-state index in [4.69, 9.17) is 4.74 Å². The van der Waals surface area contributed by atoms with Crippen LogP contribution in [0.4, 0.5) is 0 Å². The Hall–Kier alpha value is -2.04. The highest BCUT2D eigenvalue weighted by atomic mass is 16.5. The van der Waals surface area contributed by atoms with Crippen LogP contribution in [0.3, 0.4) is 0 Å². The van der Waals surface area contributed by atoms with Gasteiger partial charge in [-0.1, -0.05) is 12.1 Å². The van der Waals surface area contributed by atoms with Crippen LogP contribution in [0.1, 0.15) is 32.4 Å². The van der Waals surface area contributed by atoms with Crippen LogP contribution in [0.2, 0.25) is 0 Å². The molecule has 0 aliphatic carbocycles. The summed E-state index contributed by atoms with van der Waals surface area (Å²) in [5.41, 5.74) is 0.553. The summed E-state index contributed by atoms with van der Waals surface area (Å²) in [7, 11) is 0. The van der Waals surface area contributed by atoms with E-state index in [1.807, 2.05) is 13.8 Å². The molecule has 0 aromatic heterocycles. The molecule has 1 rings (SSSR count). The van der Waals surface area contributed by atoms with Crippen LogP contribution in [-0.4, -0.2) is 35.0 Å². The van der Waals surface area contributed by atoms with Crippen molar-refractivity contribution in [2.24, 2.45) is 0 Å². The third-order valence-electron chi connectivity index (χ3n) is 2.63. The van der Waals surface area contributed by atoms with E-state index in [0.717, 1.165) is 0 Å². The first-order chi connectivity index (χ1) is 8.99. The molecule has 1 unspecified atom stereocenters. The Morgan fingerprint density at radius 3 is 2.32 bits per heavy atom. The fraction of sp³-hybridized carbons (Fsp3) is 0.429. The minimum atomic E-state index is -1.05. The molecule has 1 amide bonds. The number of carbonyl (C=O) groups is 2. The number of rotatable bonds is 7. The largest absolute Gasteiger partial charge is 0.491 e.